The van der Waals surface area contributed by atoms with Crippen molar-refractivity contribution in [2.24, 2.45) is 0 Å². The van der Waals surface area contributed by atoms with Crippen molar-refractivity contribution < 1.29 is 19.1 Å². The molecule has 0 unspecified atom stereocenters. The predicted molar refractivity (Wildman–Crippen MR) is 95.8 cm³/mol. The highest BCUT2D eigenvalue weighted by Crippen LogP contribution is 2.17. The number of carbonyl (C=O) groups is 2. The van der Waals surface area contributed by atoms with Gasteiger partial charge in [0, 0.05) is 19.1 Å². The van der Waals surface area contributed by atoms with E-state index in [-0.39, 0.29) is 5.91 Å². The topological polar surface area (TPSA) is 55.8 Å². The second kappa shape index (κ2) is 8.53. The van der Waals surface area contributed by atoms with Crippen LogP contribution >= 0.6 is 11.6 Å². The quantitative estimate of drug-likeness (QED) is 0.738. The Kier molecular flexibility index (Phi) is 6.42. The molecule has 0 aliphatic carbocycles. The number of esters is 1. The van der Waals surface area contributed by atoms with Crippen molar-refractivity contribution in [3.63, 3.8) is 0 Å². The number of hydrogen-bond acceptors (Lipinski definition) is 4. The highest BCUT2D eigenvalue weighted by Gasteiger charge is 2.20. The van der Waals surface area contributed by atoms with Gasteiger partial charge in [0.15, 0.2) is 6.10 Å². The molecule has 0 saturated carbocycles. The molecule has 0 spiro atoms. The van der Waals surface area contributed by atoms with Crippen molar-refractivity contribution in [3.05, 3.63) is 64.7 Å². The second-order valence-electron chi connectivity index (χ2n) is 5.72. The van der Waals surface area contributed by atoms with Crippen LogP contribution in [0.2, 0.25) is 5.02 Å². The molecule has 0 aliphatic heterocycles. The van der Waals surface area contributed by atoms with E-state index in [2.05, 4.69) is 0 Å². The number of ether oxygens (including phenoxy) is 2. The lowest BCUT2D eigenvalue weighted by atomic mass is 10.1. The average molecular weight is 362 g/mol. The van der Waals surface area contributed by atoms with E-state index in [1.54, 1.807) is 69.6 Å². The van der Waals surface area contributed by atoms with Crippen molar-refractivity contribution >= 4 is 23.5 Å². The summed E-state index contributed by atoms with van der Waals surface area (Å²) >= 11 is 5.83. The van der Waals surface area contributed by atoms with Gasteiger partial charge in [-0.25, -0.2) is 4.79 Å². The van der Waals surface area contributed by atoms with Gasteiger partial charge in [0.25, 0.3) is 5.91 Å². The fourth-order valence-electron chi connectivity index (χ4n) is 2.08. The first-order chi connectivity index (χ1) is 11.9. The van der Waals surface area contributed by atoms with Gasteiger partial charge in [-0.1, -0.05) is 23.7 Å². The van der Waals surface area contributed by atoms with Gasteiger partial charge in [0.1, 0.15) is 12.4 Å². The second-order valence-corrected chi connectivity index (χ2v) is 6.16. The molecule has 0 aromatic heterocycles. The minimum Gasteiger partial charge on any atom is -0.489 e. The fraction of sp³-hybridized carbons (Fsp3) is 0.263. The number of benzene rings is 2. The van der Waals surface area contributed by atoms with E-state index in [1.165, 1.54) is 4.90 Å². The Bertz CT molecular complexity index is 726. The van der Waals surface area contributed by atoms with Crippen LogP contribution in [0.1, 0.15) is 22.8 Å². The third-order valence-corrected chi connectivity index (χ3v) is 3.73. The maximum Gasteiger partial charge on any atom is 0.338 e. The number of halogens is 1. The molecule has 0 heterocycles. The molecule has 25 heavy (non-hydrogen) atoms. The average Bonchev–Trinajstić information content (AvgIpc) is 2.60. The zero-order valence-corrected chi connectivity index (χ0v) is 15.1. The van der Waals surface area contributed by atoms with Crippen LogP contribution in [-0.4, -0.2) is 37.0 Å². The lowest BCUT2D eigenvalue weighted by molar-refractivity contribution is -0.137. The smallest absolute Gasteiger partial charge is 0.338 e. The summed E-state index contributed by atoms with van der Waals surface area (Å²) in [6.07, 6.45) is -0.824. The molecule has 0 bridgehead atoms. The van der Waals surface area contributed by atoms with Crippen LogP contribution in [0.15, 0.2) is 48.5 Å². The maximum absolute atomic E-state index is 12.1. The Morgan fingerprint density at radius 2 is 1.64 bits per heavy atom. The summed E-state index contributed by atoms with van der Waals surface area (Å²) in [6.45, 7) is 1.92. The first kappa shape index (κ1) is 18.8. The third kappa shape index (κ3) is 5.50. The summed E-state index contributed by atoms with van der Waals surface area (Å²) in [5.74, 6) is -0.0851. The highest BCUT2D eigenvalue weighted by molar-refractivity contribution is 6.30. The number of hydrogen-bond donors (Lipinski definition) is 0. The third-order valence-electron chi connectivity index (χ3n) is 3.48. The fourth-order valence-corrected chi connectivity index (χ4v) is 2.20. The summed E-state index contributed by atoms with van der Waals surface area (Å²) in [6, 6.07) is 14.0. The van der Waals surface area contributed by atoms with Crippen LogP contribution in [0.5, 0.6) is 5.75 Å². The van der Waals surface area contributed by atoms with E-state index >= 15 is 0 Å². The Hall–Kier alpha value is -2.53. The summed E-state index contributed by atoms with van der Waals surface area (Å²) in [4.78, 5) is 25.2. The molecule has 2 aromatic rings. The molecule has 0 saturated heterocycles. The first-order valence-electron chi connectivity index (χ1n) is 7.76. The lowest BCUT2D eigenvalue weighted by Gasteiger charge is -2.17. The number of amides is 1. The maximum atomic E-state index is 12.1. The molecule has 5 nitrogen and oxygen atoms in total. The molecule has 0 fully saturated rings. The minimum atomic E-state index is -0.824. The van der Waals surface area contributed by atoms with E-state index < -0.39 is 12.1 Å². The van der Waals surface area contributed by atoms with Crippen LogP contribution in [0.25, 0.3) is 0 Å². The van der Waals surface area contributed by atoms with Crippen LogP contribution in [0, 0.1) is 0 Å². The van der Waals surface area contributed by atoms with E-state index in [1.807, 2.05) is 0 Å². The van der Waals surface area contributed by atoms with Crippen molar-refractivity contribution in [2.75, 3.05) is 14.1 Å². The molecule has 1 amide bonds. The van der Waals surface area contributed by atoms with Gasteiger partial charge in [0.05, 0.1) is 5.56 Å². The molecule has 2 aromatic carbocycles. The van der Waals surface area contributed by atoms with Crippen molar-refractivity contribution in [1.29, 1.82) is 0 Å². The van der Waals surface area contributed by atoms with Crippen molar-refractivity contribution in [2.45, 2.75) is 19.6 Å². The van der Waals surface area contributed by atoms with Gasteiger partial charge in [-0.2, -0.15) is 0 Å². The summed E-state index contributed by atoms with van der Waals surface area (Å²) in [7, 11) is 3.23. The molecule has 1 atom stereocenters. The summed E-state index contributed by atoms with van der Waals surface area (Å²) in [5, 5.41) is 0.650. The Morgan fingerprint density at radius 1 is 1.04 bits per heavy atom. The van der Waals surface area contributed by atoms with Crippen molar-refractivity contribution in [1.82, 2.24) is 4.90 Å². The van der Waals surface area contributed by atoms with Crippen molar-refractivity contribution in [3.8, 4) is 5.75 Å². The van der Waals surface area contributed by atoms with Crippen LogP contribution < -0.4 is 4.74 Å². The molecule has 0 aliphatic rings. The lowest BCUT2D eigenvalue weighted by Crippen LogP contribution is -2.34. The zero-order chi connectivity index (χ0) is 18.4. The van der Waals surface area contributed by atoms with E-state index in [0.717, 1.165) is 5.56 Å². The highest BCUT2D eigenvalue weighted by atomic mass is 35.5. The molecule has 132 valence electrons. The zero-order valence-electron chi connectivity index (χ0n) is 14.4. The molecule has 0 radical (unpaired) electrons. The normalized spacial score (nSPS) is 11.5. The Labute approximate surface area is 152 Å². The minimum absolute atomic E-state index is 0.263. The van der Waals surface area contributed by atoms with Gasteiger partial charge in [-0.15, -0.1) is 0 Å². The number of nitrogens with zero attached hydrogens (tertiary/aromatic N) is 1. The van der Waals surface area contributed by atoms with Gasteiger partial charge in [0.2, 0.25) is 0 Å². The summed E-state index contributed by atoms with van der Waals surface area (Å²) in [5.41, 5.74) is 1.29. The van der Waals surface area contributed by atoms with Gasteiger partial charge in [-0.3, -0.25) is 4.79 Å². The van der Waals surface area contributed by atoms with E-state index in [4.69, 9.17) is 21.1 Å². The number of carbonyl (C=O) groups excluding carboxylic acids is 2. The Morgan fingerprint density at radius 3 is 2.20 bits per heavy atom. The number of rotatable bonds is 6. The molecule has 2 rings (SSSR count). The first-order valence-corrected chi connectivity index (χ1v) is 8.14. The Balaban J connectivity index is 1.91. The number of likely N-dealkylation sites (N-methyl/N-ethyl adjacent to an activating group) is 1. The summed E-state index contributed by atoms with van der Waals surface area (Å²) < 4.78 is 10.8. The monoisotopic (exact) mass is 361 g/mol. The van der Waals surface area contributed by atoms with Gasteiger partial charge in [-0.05, 0) is 48.9 Å². The van der Waals surface area contributed by atoms with Crippen LogP contribution in [-0.2, 0) is 16.1 Å². The van der Waals surface area contributed by atoms with E-state index in [0.29, 0.717) is 22.9 Å². The van der Waals surface area contributed by atoms with Crippen LogP contribution in [0.4, 0.5) is 0 Å². The van der Waals surface area contributed by atoms with E-state index in [9.17, 15) is 9.59 Å². The SMILES string of the molecule is C[C@@H](OC(=O)c1ccc(COc2ccc(Cl)cc2)cc1)C(=O)N(C)C. The molecular formula is C19H20ClNO4. The largest absolute Gasteiger partial charge is 0.489 e. The van der Waals surface area contributed by atoms with Gasteiger partial charge >= 0.3 is 5.97 Å². The molecule has 0 N–H and O–H groups in total. The van der Waals surface area contributed by atoms with Crippen LogP contribution in [0.3, 0.4) is 0 Å². The standard InChI is InChI=1S/C19H20ClNO4/c1-13(18(22)21(2)3)25-19(23)15-6-4-14(5-7-15)12-24-17-10-8-16(20)9-11-17/h4-11,13H,12H2,1-3H3/t13-/m1/s1. The molecular weight excluding hydrogens is 342 g/mol. The predicted octanol–water partition coefficient (Wildman–Crippen LogP) is 3.55. The molecule has 6 heteroatoms. The van der Waals surface area contributed by atoms with Gasteiger partial charge < -0.3 is 14.4 Å².